The summed E-state index contributed by atoms with van der Waals surface area (Å²) in [7, 11) is 1.38. The van der Waals surface area contributed by atoms with Gasteiger partial charge in [-0.05, 0) is 51.0 Å². The van der Waals surface area contributed by atoms with Crippen molar-refractivity contribution in [2.45, 2.75) is 27.7 Å². The number of carbonyl (C=O) groups is 2. The van der Waals surface area contributed by atoms with E-state index in [1.807, 2.05) is 26.8 Å². The Kier molecular flexibility index (Phi) is 5.79. The van der Waals surface area contributed by atoms with Gasteiger partial charge < -0.3 is 10.1 Å². The molecule has 2 aromatic heterocycles. The van der Waals surface area contributed by atoms with Gasteiger partial charge in [0.2, 0.25) is 0 Å². The summed E-state index contributed by atoms with van der Waals surface area (Å²) < 4.78 is 6.84. The Morgan fingerprint density at radius 2 is 1.97 bits per heavy atom. The maximum Gasteiger partial charge on any atom is 0.340 e. The van der Waals surface area contributed by atoms with Crippen LogP contribution in [0.1, 0.15) is 44.5 Å². The number of amides is 1. The normalized spacial score (nSPS) is 10.8. The number of esters is 1. The third-order valence-corrected chi connectivity index (χ3v) is 4.63. The molecule has 0 radical (unpaired) electrons. The molecule has 2 heterocycles. The van der Waals surface area contributed by atoms with Gasteiger partial charge in [0.25, 0.3) is 5.91 Å². The van der Waals surface area contributed by atoms with E-state index in [0.29, 0.717) is 33.8 Å². The van der Waals surface area contributed by atoms with Crippen LogP contribution in [0.3, 0.4) is 0 Å². The first-order valence-electron chi connectivity index (χ1n) is 9.10. The Hall–Kier alpha value is -3.46. The monoisotopic (exact) mass is 397 g/mol. The van der Waals surface area contributed by atoms with Crippen molar-refractivity contribution in [1.29, 1.82) is 0 Å². The number of hydroxylamine groups is 1. The number of hydrogen-bond acceptors (Lipinski definition) is 7. The van der Waals surface area contributed by atoms with Crippen molar-refractivity contribution < 1.29 is 19.2 Å². The summed E-state index contributed by atoms with van der Waals surface area (Å²) in [4.78, 5) is 33.5. The molecule has 1 amide bonds. The van der Waals surface area contributed by atoms with Crippen LogP contribution < -0.4 is 10.8 Å². The summed E-state index contributed by atoms with van der Waals surface area (Å²) in [6.07, 6.45) is 1.41. The molecular weight excluding hydrogens is 374 g/mol. The first kappa shape index (κ1) is 20.3. The van der Waals surface area contributed by atoms with Crippen molar-refractivity contribution >= 4 is 28.9 Å². The smallest absolute Gasteiger partial charge is 0.340 e. The Balaban J connectivity index is 2.08. The lowest BCUT2D eigenvalue weighted by Gasteiger charge is -2.12. The van der Waals surface area contributed by atoms with Gasteiger partial charge in [0, 0.05) is 11.3 Å². The maximum atomic E-state index is 12.4. The van der Waals surface area contributed by atoms with Gasteiger partial charge >= 0.3 is 5.97 Å². The second-order valence-electron chi connectivity index (χ2n) is 6.46. The summed E-state index contributed by atoms with van der Waals surface area (Å²) in [5, 5.41) is 7.54. The van der Waals surface area contributed by atoms with Crippen molar-refractivity contribution in [3.8, 4) is 0 Å². The molecule has 0 bridgehead atoms. The summed E-state index contributed by atoms with van der Waals surface area (Å²) in [6.45, 7) is 7.61. The van der Waals surface area contributed by atoms with E-state index < -0.39 is 5.97 Å². The van der Waals surface area contributed by atoms with Crippen LogP contribution in [0, 0.1) is 20.8 Å². The minimum atomic E-state index is -0.395. The fourth-order valence-electron chi connectivity index (χ4n) is 3.21. The fourth-order valence-corrected chi connectivity index (χ4v) is 3.21. The molecule has 0 aliphatic carbocycles. The molecule has 9 heteroatoms. The molecule has 3 rings (SSSR count). The molecule has 0 unspecified atom stereocenters. The van der Waals surface area contributed by atoms with Crippen molar-refractivity contribution in [2.24, 2.45) is 0 Å². The zero-order chi connectivity index (χ0) is 21.1. The molecule has 29 heavy (non-hydrogen) atoms. The first-order chi connectivity index (χ1) is 13.9. The lowest BCUT2D eigenvalue weighted by molar-refractivity contribution is 0.0522. The van der Waals surface area contributed by atoms with Crippen LogP contribution in [0.15, 0.2) is 24.5 Å². The molecule has 1 aromatic carbocycles. The number of hydrogen-bond donors (Lipinski definition) is 2. The van der Waals surface area contributed by atoms with Crippen molar-refractivity contribution in [1.82, 2.24) is 20.1 Å². The third-order valence-electron chi connectivity index (χ3n) is 4.63. The number of aromatic nitrogens is 3. The molecule has 0 fully saturated rings. The Bertz CT molecular complexity index is 1090. The summed E-state index contributed by atoms with van der Waals surface area (Å²) >= 11 is 0. The average Bonchev–Trinajstić information content (AvgIpc) is 2.95. The van der Waals surface area contributed by atoms with E-state index >= 15 is 0 Å². The maximum absolute atomic E-state index is 12.4. The SMILES string of the molecule is CCOC(=O)c1c(C)c2c(Nc3cc(C(=O)NOC)ccc3C)ncnn2c1C. The van der Waals surface area contributed by atoms with E-state index in [2.05, 4.69) is 20.9 Å². The number of benzene rings is 1. The Morgan fingerprint density at radius 1 is 1.21 bits per heavy atom. The Morgan fingerprint density at radius 3 is 2.66 bits per heavy atom. The van der Waals surface area contributed by atoms with Crippen LogP contribution in [-0.4, -0.2) is 40.2 Å². The third kappa shape index (κ3) is 3.77. The fraction of sp³-hybridized carbons (Fsp3) is 0.300. The highest BCUT2D eigenvalue weighted by Crippen LogP contribution is 2.30. The van der Waals surface area contributed by atoms with Crippen LogP contribution >= 0.6 is 0 Å². The second kappa shape index (κ2) is 8.27. The van der Waals surface area contributed by atoms with E-state index in [-0.39, 0.29) is 12.5 Å². The van der Waals surface area contributed by atoms with Gasteiger partial charge in [0.05, 0.1) is 25.0 Å². The van der Waals surface area contributed by atoms with Crippen LogP contribution in [0.25, 0.3) is 5.52 Å². The largest absolute Gasteiger partial charge is 0.462 e. The molecule has 0 aliphatic heterocycles. The van der Waals surface area contributed by atoms with Gasteiger partial charge in [-0.3, -0.25) is 9.63 Å². The molecule has 2 N–H and O–H groups in total. The standard InChI is InChI=1S/C20H23N5O4/c1-6-29-20(27)16-12(3)17-18(21-10-22-25(17)13(16)4)23-15-9-14(8-7-11(15)2)19(26)24-28-5/h7-10H,6H2,1-5H3,(H,24,26)(H,21,22,23). The number of nitrogens with one attached hydrogen (secondary N) is 2. The molecule has 0 spiro atoms. The minimum Gasteiger partial charge on any atom is -0.462 e. The van der Waals surface area contributed by atoms with Gasteiger partial charge in [-0.15, -0.1) is 0 Å². The highest BCUT2D eigenvalue weighted by Gasteiger charge is 2.23. The van der Waals surface area contributed by atoms with Crippen molar-refractivity contribution in [2.75, 3.05) is 19.0 Å². The van der Waals surface area contributed by atoms with Gasteiger partial charge in [0.15, 0.2) is 5.82 Å². The molecule has 152 valence electrons. The van der Waals surface area contributed by atoms with E-state index in [1.165, 1.54) is 13.4 Å². The molecule has 0 saturated heterocycles. The van der Waals surface area contributed by atoms with Gasteiger partial charge in [0.1, 0.15) is 11.8 Å². The number of aryl methyl sites for hydroxylation is 3. The minimum absolute atomic E-state index is 0.288. The van der Waals surface area contributed by atoms with Crippen molar-refractivity contribution in [3.05, 3.63) is 52.5 Å². The summed E-state index contributed by atoms with van der Waals surface area (Å²) in [6, 6.07) is 5.24. The van der Waals surface area contributed by atoms with Gasteiger partial charge in [-0.2, -0.15) is 5.10 Å². The topological polar surface area (TPSA) is 107 Å². The zero-order valence-electron chi connectivity index (χ0n) is 17.0. The van der Waals surface area contributed by atoms with Crippen molar-refractivity contribution in [3.63, 3.8) is 0 Å². The lowest BCUT2D eigenvalue weighted by Crippen LogP contribution is -2.21. The van der Waals surface area contributed by atoms with E-state index in [1.54, 1.807) is 23.6 Å². The summed E-state index contributed by atoms with van der Waals surface area (Å²) in [5.74, 6) is -0.236. The van der Waals surface area contributed by atoms with Crippen LogP contribution in [0.2, 0.25) is 0 Å². The molecule has 0 aliphatic rings. The van der Waals surface area contributed by atoms with E-state index in [4.69, 9.17) is 9.57 Å². The van der Waals surface area contributed by atoms with E-state index in [0.717, 1.165) is 11.1 Å². The highest BCUT2D eigenvalue weighted by molar-refractivity contribution is 5.98. The Labute approximate surface area is 168 Å². The number of anilines is 2. The lowest BCUT2D eigenvalue weighted by atomic mass is 10.1. The first-order valence-corrected chi connectivity index (χ1v) is 9.10. The van der Waals surface area contributed by atoms with Crippen LogP contribution in [-0.2, 0) is 9.57 Å². The molecule has 0 saturated carbocycles. The molecule has 9 nitrogen and oxygen atoms in total. The average molecular weight is 397 g/mol. The predicted molar refractivity (Wildman–Crippen MR) is 107 cm³/mol. The molecule has 0 atom stereocenters. The van der Waals surface area contributed by atoms with Crippen LogP contribution in [0.4, 0.5) is 11.5 Å². The zero-order valence-corrected chi connectivity index (χ0v) is 17.0. The number of ether oxygens (including phenoxy) is 1. The molecular formula is C20H23N5O4. The highest BCUT2D eigenvalue weighted by atomic mass is 16.6. The van der Waals surface area contributed by atoms with Crippen LogP contribution in [0.5, 0.6) is 0 Å². The van der Waals surface area contributed by atoms with Gasteiger partial charge in [-0.1, -0.05) is 6.07 Å². The predicted octanol–water partition coefficient (Wildman–Crippen LogP) is 2.87. The number of rotatable bonds is 6. The number of nitrogens with zero attached hydrogens (tertiary/aromatic N) is 3. The molecule has 3 aromatic rings. The summed E-state index contributed by atoms with van der Waals surface area (Å²) in [5.41, 5.74) is 6.88. The quantitative estimate of drug-likeness (QED) is 0.486. The number of fused-ring (bicyclic) bond motifs is 1. The van der Waals surface area contributed by atoms with E-state index in [9.17, 15) is 9.59 Å². The number of carbonyl (C=O) groups excluding carboxylic acids is 2. The van der Waals surface area contributed by atoms with Gasteiger partial charge in [-0.25, -0.2) is 19.8 Å². The second-order valence-corrected chi connectivity index (χ2v) is 6.46.